The largest absolute Gasteiger partial charge is 0.381 e. The molecule has 5 heteroatoms. The Balaban J connectivity index is 1.49. The number of benzene rings is 1. The molecule has 0 bridgehead atoms. The number of hydrogen-bond donors (Lipinski definition) is 1. The van der Waals surface area contributed by atoms with Crippen LogP contribution in [0, 0.1) is 11.2 Å². The molecular formula is C17H21ClFNO2. The number of halogens is 2. The molecule has 1 spiro atoms. The number of nitrogens with one attached hydrogen (secondary N) is 1. The summed E-state index contributed by atoms with van der Waals surface area (Å²) in [7, 11) is 0. The van der Waals surface area contributed by atoms with E-state index >= 15 is 0 Å². The fourth-order valence-corrected chi connectivity index (χ4v) is 3.64. The van der Waals surface area contributed by atoms with Crippen molar-refractivity contribution in [3.63, 3.8) is 0 Å². The Morgan fingerprint density at radius 1 is 1.36 bits per heavy atom. The molecule has 1 saturated carbocycles. The Kier molecular flexibility index (Phi) is 4.69. The highest BCUT2D eigenvalue weighted by atomic mass is 35.5. The molecule has 1 aliphatic carbocycles. The summed E-state index contributed by atoms with van der Waals surface area (Å²) in [6.45, 7) is 1.60. The van der Waals surface area contributed by atoms with Gasteiger partial charge in [0.1, 0.15) is 5.82 Å². The Morgan fingerprint density at radius 3 is 2.77 bits per heavy atom. The van der Waals surface area contributed by atoms with E-state index in [1.807, 2.05) is 0 Å². The van der Waals surface area contributed by atoms with Crippen molar-refractivity contribution >= 4 is 17.5 Å². The van der Waals surface area contributed by atoms with Crippen molar-refractivity contribution in [3.8, 4) is 0 Å². The van der Waals surface area contributed by atoms with Crippen molar-refractivity contribution in [2.45, 2.75) is 44.6 Å². The molecule has 1 unspecified atom stereocenters. The summed E-state index contributed by atoms with van der Waals surface area (Å²) >= 11 is 5.66. The van der Waals surface area contributed by atoms with Gasteiger partial charge in [-0.2, -0.15) is 0 Å². The Hall–Kier alpha value is -1.13. The van der Waals surface area contributed by atoms with Crippen LogP contribution < -0.4 is 5.32 Å². The summed E-state index contributed by atoms with van der Waals surface area (Å²) in [6, 6.07) is 4.99. The second-order valence-electron chi connectivity index (χ2n) is 6.38. The standard InChI is InChI=1S/C17H21ClFNO2/c18-13-3-1-12(11-14(13)19)2-4-16(21)20-15-5-6-17(15)7-9-22-10-8-17/h1,3,11,15H,2,4-10H2,(H,20,21). The number of amides is 1. The number of ether oxygens (including phenoxy) is 1. The van der Waals surface area contributed by atoms with Crippen molar-refractivity contribution in [3.05, 3.63) is 34.6 Å². The molecule has 2 fully saturated rings. The van der Waals surface area contributed by atoms with Crippen molar-refractivity contribution in [2.24, 2.45) is 5.41 Å². The zero-order valence-electron chi connectivity index (χ0n) is 12.5. The minimum absolute atomic E-state index is 0.0472. The number of rotatable bonds is 4. The molecule has 3 nitrogen and oxygen atoms in total. The first-order valence-electron chi connectivity index (χ1n) is 7.90. The number of carbonyl (C=O) groups excluding carboxylic acids is 1. The number of hydrogen-bond acceptors (Lipinski definition) is 2. The summed E-state index contributed by atoms with van der Waals surface area (Å²) in [6.07, 6.45) is 5.23. The Labute approximate surface area is 135 Å². The molecule has 1 aliphatic heterocycles. The highest BCUT2D eigenvalue weighted by molar-refractivity contribution is 6.30. The van der Waals surface area contributed by atoms with Crippen molar-refractivity contribution in [2.75, 3.05) is 13.2 Å². The highest BCUT2D eigenvalue weighted by Crippen LogP contribution is 2.48. The summed E-state index contributed by atoms with van der Waals surface area (Å²) in [5, 5.41) is 3.27. The molecule has 1 N–H and O–H groups in total. The Bertz CT molecular complexity index is 558. The predicted molar refractivity (Wildman–Crippen MR) is 83.4 cm³/mol. The fraction of sp³-hybridized carbons (Fsp3) is 0.588. The van der Waals surface area contributed by atoms with Crippen LogP contribution in [-0.4, -0.2) is 25.2 Å². The molecule has 22 heavy (non-hydrogen) atoms. The van der Waals surface area contributed by atoms with E-state index in [1.165, 1.54) is 18.6 Å². The van der Waals surface area contributed by atoms with Crippen molar-refractivity contribution in [1.29, 1.82) is 0 Å². The van der Waals surface area contributed by atoms with Gasteiger partial charge >= 0.3 is 0 Å². The minimum atomic E-state index is -0.431. The lowest BCUT2D eigenvalue weighted by atomic mass is 9.60. The summed E-state index contributed by atoms with van der Waals surface area (Å²) in [4.78, 5) is 12.1. The van der Waals surface area contributed by atoms with Gasteiger partial charge in [0.2, 0.25) is 5.91 Å². The zero-order chi connectivity index (χ0) is 15.6. The average Bonchev–Trinajstić information content (AvgIpc) is 2.53. The lowest BCUT2D eigenvalue weighted by molar-refractivity contribution is -0.127. The van der Waals surface area contributed by atoms with E-state index < -0.39 is 5.82 Å². The molecule has 2 aliphatic rings. The van der Waals surface area contributed by atoms with Crippen molar-refractivity contribution < 1.29 is 13.9 Å². The van der Waals surface area contributed by atoms with Crippen LogP contribution in [0.2, 0.25) is 5.02 Å². The third-order valence-electron chi connectivity index (χ3n) is 5.12. The highest BCUT2D eigenvalue weighted by Gasteiger charge is 2.47. The smallest absolute Gasteiger partial charge is 0.220 e. The van der Waals surface area contributed by atoms with Gasteiger partial charge in [-0.1, -0.05) is 17.7 Å². The van der Waals surface area contributed by atoms with Gasteiger partial charge in [-0.05, 0) is 55.2 Å². The monoisotopic (exact) mass is 325 g/mol. The normalized spacial score (nSPS) is 23.1. The van der Waals surface area contributed by atoms with E-state index in [1.54, 1.807) is 6.07 Å². The van der Waals surface area contributed by atoms with Crippen LogP contribution >= 0.6 is 11.6 Å². The second-order valence-corrected chi connectivity index (χ2v) is 6.79. The lowest BCUT2D eigenvalue weighted by Gasteiger charge is -2.52. The molecule has 120 valence electrons. The predicted octanol–water partition coefficient (Wildman–Crippen LogP) is 3.49. The van der Waals surface area contributed by atoms with Crippen LogP contribution in [-0.2, 0) is 16.0 Å². The molecule has 1 heterocycles. The van der Waals surface area contributed by atoms with E-state index in [0.29, 0.717) is 12.8 Å². The number of carbonyl (C=O) groups is 1. The van der Waals surface area contributed by atoms with Gasteiger partial charge in [0, 0.05) is 25.7 Å². The van der Waals surface area contributed by atoms with E-state index in [9.17, 15) is 9.18 Å². The van der Waals surface area contributed by atoms with E-state index in [4.69, 9.17) is 16.3 Å². The first-order valence-corrected chi connectivity index (χ1v) is 8.28. The quantitative estimate of drug-likeness (QED) is 0.920. The summed E-state index contributed by atoms with van der Waals surface area (Å²) < 4.78 is 18.8. The number of aryl methyl sites for hydroxylation is 1. The molecule has 1 atom stereocenters. The SMILES string of the molecule is O=C(CCc1ccc(Cl)c(F)c1)NC1CCC12CCOCC2. The maximum absolute atomic E-state index is 13.4. The molecule has 3 rings (SSSR count). The van der Waals surface area contributed by atoms with Crippen LogP contribution in [0.1, 0.15) is 37.7 Å². The molecule has 0 radical (unpaired) electrons. The van der Waals surface area contributed by atoms with Gasteiger partial charge < -0.3 is 10.1 Å². The third kappa shape index (κ3) is 3.28. The van der Waals surface area contributed by atoms with Gasteiger partial charge in [-0.25, -0.2) is 4.39 Å². The Morgan fingerprint density at radius 2 is 2.14 bits per heavy atom. The first kappa shape index (κ1) is 15.8. The van der Waals surface area contributed by atoms with Gasteiger partial charge in [0.05, 0.1) is 5.02 Å². The maximum atomic E-state index is 13.4. The summed E-state index contributed by atoms with van der Waals surface area (Å²) in [5.41, 5.74) is 1.06. The lowest BCUT2D eigenvalue weighted by Crippen LogP contribution is -2.57. The van der Waals surface area contributed by atoms with E-state index in [-0.39, 0.29) is 22.4 Å². The molecule has 1 amide bonds. The molecule has 1 saturated heterocycles. The van der Waals surface area contributed by atoms with Crippen molar-refractivity contribution in [1.82, 2.24) is 5.32 Å². The van der Waals surface area contributed by atoms with Gasteiger partial charge in [0.25, 0.3) is 0 Å². The zero-order valence-corrected chi connectivity index (χ0v) is 13.3. The summed E-state index contributed by atoms with van der Waals surface area (Å²) in [5.74, 6) is -0.384. The van der Waals surface area contributed by atoms with Gasteiger partial charge in [0.15, 0.2) is 0 Å². The maximum Gasteiger partial charge on any atom is 0.220 e. The van der Waals surface area contributed by atoms with Crippen LogP contribution in [0.5, 0.6) is 0 Å². The van der Waals surface area contributed by atoms with E-state index in [2.05, 4.69) is 5.32 Å². The molecule has 1 aromatic rings. The van der Waals surface area contributed by atoms with Crippen LogP contribution in [0.4, 0.5) is 4.39 Å². The third-order valence-corrected chi connectivity index (χ3v) is 5.43. The topological polar surface area (TPSA) is 38.3 Å². The van der Waals surface area contributed by atoms with Gasteiger partial charge in [-0.15, -0.1) is 0 Å². The van der Waals surface area contributed by atoms with E-state index in [0.717, 1.165) is 38.0 Å². The molecule has 1 aromatic carbocycles. The van der Waals surface area contributed by atoms with Gasteiger partial charge in [-0.3, -0.25) is 4.79 Å². The van der Waals surface area contributed by atoms with Crippen LogP contribution in [0.3, 0.4) is 0 Å². The average molecular weight is 326 g/mol. The first-order chi connectivity index (χ1) is 10.6. The van der Waals surface area contributed by atoms with Crippen LogP contribution in [0.15, 0.2) is 18.2 Å². The second kappa shape index (κ2) is 6.55. The molecular weight excluding hydrogens is 305 g/mol. The fourth-order valence-electron chi connectivity index (χ4n) is 3.52. The minimum Gasteiger partial charge on any atom is -0.381 e. The van der Waals surface area contributed by atoms with Crippen LogP contribution in [0.25, 0.3) is 0 Å². The molecule has 0 aromatic heterocycles.